The lowest BCUT2D eigenvalue weighted by Crippen LogP contribution is -2.48. The molecule has 0 aliphatic carbocycles. The van der Waals surface area contributed by atoms with Crippen LogP contribution in [0, 0.1) is 0 Å². The Bertz CT molecular complexity index is 796. The predicted octanol–water partition coefficient (Wildman–Crippen LogP) is 4.05. The van der Waals surface area contributed by atoms with E-state index in [4.69, 9.17) is 22.1 Å². The number of nitrogen functional groups attached to an aromatic ring is 1. The van der Waals surface area contributed by atoms with Crippen molar-refractivity contribution in [2.75, 3.05) is 39.0 Å². The SMILES string of the molecule is COc1ccc(Cl)cc1CN1CCN(C(=O)CCc2ccccc2N)CC1.Cl.Cl. The van der Waals surface area contributed by atoms with Gasteiger partial charge in [0.1, 0.15) is 5.75 Å². The van der Waals surface area contributed by atoms with E-state index in [0.29, 0.717) is 17.9 Å². The van der Waals surface area contributed by atoms with Gasteiger partial charge in [-0.3, -0.25) is 9.69 Å². The van der Waals surface area contributed by atoms with E-state index < -0.39 is 0 Å². The van der Waals surface area contributed by atoms with Crippen LogP contribution in [0.25, 0.3) is 0 Å². The van der Waals surface area contributed by atoms with Gasteiger partial charge < -0.3 is 15.4 Å². The molecule has 2 aromatic carbocycles. The van der Waals surface area contributed by atoms with Crippen LogP contribution in [0.4, 0.5) is 5.69 Å². The summed E-state index contributed by atoms with van der Waals surface area (Å²) in [5, 5.41) is 0.708. The standard InChI is InChI=1S/C21H26ClN3O2.2ClH/c1-27-20-8-7-18(22)14-17(20)15-24-10-12-25(13-11-24)21(26)9-6-16-4-2-3-5-19(16)23;;/h2-5,7-8,14H,6,9-13,15,23H2,1H3;2*1H. The predicted molar refractivity (Wildman–Crippen MR) is 124 cm³/mol. The molecule has 1 amide bonds. The molecule has 0 bridgehead atoms. The van der Waals surface area contributed by atoms with E-state index in [9.17, 15) is 4.79 Å². The zero-order valence-electron chi connectivity index (χ0n) is 16.5. The molecule has 0 radical (unpaired) electrons. The minimum Gasteiger partial charge on any atom is -0.496 e. The van der Waals surface area contributed by atoms with Crippen molar-refractivity contribution in [3.05, 3.63) is 58.6 Å². The highest BCUT2D eigenvalue weighted by Gasteiger charge is 2.22. The van der Waals surface area contributed by atoms with Crippen molar-refractivity contribution in [2.45, 2.75) is 19.4 Å². The molecule has 1 aliphatic heterocycles. The number of rotatable bonds is 6. The van der Waals surface area contributed by atoms with Crippen molar-refractivity contribution >= 4 is 48.0 Å². The summed E-state index contributed by atoms with van der Waals surface area (Å²) in [4.78, 5) is 16.8. The molecular formula is C21H28Cl3N3O2. The summed E-state index contributed by atoms with van der Waals surface area (Å²) in [6.45, 7) is 3.94. The smallest absolute Gasteiger partial charge is 0.222 e. The first-order valence-corrected chi connectivity index (χ1v) is 9.60. The number of halogens is 3. The number of benzene rings is 2. The van der Waals surface area contributed by atoms with Crippen LogP contribution >= 0.6 is 36.4 Å². The van der Waals surface area contributed by atoms with Gasteiger partial charge in [0, 0.05) is 55.4 Å². The maximum Gasteiger partial charge on any atom is 0.222 e. The quantitative estimate of drug-likeness (QED) is 0.661. The molecule has 5 nitrogen and oxygen atoms in total. The molecule has 0 spiro atoms. The number of aryl methyl sites for hydroxylation is 1. The zero-order chi connectivity index (χ0) is 19.2. The molecule has 1 fully saturated rings. The molecule has 0 unspecified atom stereocenters. The number of hydrogen-bond acceptors (Lipinski definition) is 4. The van der Waals surface area contributed by atoms with Gasteiger partial charge in [0.15, 0.2) is 0 Å². The molecule has 0 aromatic heterocycles. The van der Waals surface area contributed by atoms with Gasteiger partial charge in [-0.1, -0.05) is 29.8 Å². The lowest BCUT2D eigenvalue weighted by Gasteiger charge is -2.35. The van der Waals surface area contributed by atoms with Crippen molar-refractivity contribution in [1.82, 2.24) is 9.80 Å². The lowest BCUT2D eigenvalue weighted by molar-refractivity contribution is -0.133. The Morgan fingerprint density at radius 2 is 1.76 bits per heavy atom. The summed E-state index contributed by atoms with van der Waals surface area (Å²) < 4.78 is 5.42. The van der Waals surface area contributed by atoms with Gasteiger partial charge in [-0.2, -0.15) is 0 Å². The first-order chi connectivity index (χ1) is 13.1. The monoisotopic (exact) mass is 459 g/mol. The van der Waals surface area contributed by atoms with E-state index in [0.717, 1.165) is 55.3 Å². The van der Waals surface area contributed by atoms with Gasteiger partial charge in [-0.05, 0) is 36.2 Å². The highest BCUT2D eigenvalue weighted by molar-refractivity contribution is 6.30. The zero-order valence-corrected chi connectivity index (χ0v) is 18.9. The van der Waals surface area contributed by atoms with Crippen LogP contribution in [0.15, 0.2) is 42.5 Å². The minimum absolute atomic E-state index is 0. The van der Waals surface area contributed by atoms with Crippen LogP contribution in [0.5, 0.6) is 5.75 Å². The number of ether oxygens (including phenoxy) is 1. The second-order valence-corrected chi connectivity index (χ2v) is 7.25. The van der Waals surface area contributed by atoms with Gasteiger partial charge in [-0.15, -0.1) is 24.8 Å². The summed E-state index contributed by atoms with van der Waals surface area (Å²) >= 11 is 6.12. The summed E-state index contributed by atoms with van der Waals surface area (Å²) in [5.74, 6) is 1.04. The number of amides is 1. The third kappa shape index (κ3) is 6.96. The van der Waals surface area contributed by atoms with Crippen molar-refractivity contribution in [3.63, 3.8) is 0 Å². The van der Waals surface area contributed by atoms with E-state index in [1.165, 1.54) is 0 Å². The number of nitrogens with zero attached hydrogens (tertiary/aromatic N) is 2. The first kappa shape index (κ1) is 25.4. The van der Waals surface area contributed by atoms with Crippen molar-refractivity contribution in [3.8, 4) is 5.75 Å². The number of anilines is 1. The lowest BCUT2D eigenvalue weighted by atomic mass is 10.1. The van der Waals surface area contributed by atoms with Crippen LogP contribution in [0.1, 0.15) is 17.5 Å². The van der Waals surface area contributed by atoms with Crippen LogP contribution < -0.4 is 10.5 Å². The van der Waals surface area contributed by atoms with E-state index in [2.05, 4.69) is 4.90 Å². The molecular weight excluding hydrogens is 433 g/mol. The van der Waals surface area contributed by atoms with E-state index in [1.807, 2.05) is 47.4 Å². The van der Waals surface area contributed by atoms with Crippen LogP contribution in [-0.4, -0.2) is 49.0 Å². The fourth-order valence-electron chi connectivity index (χ4n) is 3.43. The summed E-state index contributed by atoms with van der Waals surface area (Å²) in [6, 6.07) is 13.4. The second-order valence-electron chi connectivity index (χ2n) is 6.81. The number of methoxy groups -OCH3 is 1. The number of hydrogen-bond donors (Lipinski definition) is 1. The third-order valence-electron chi connectivity index (χ3n) is 5.02. The number of carbonyl (C=O) groups excluding carboxylic acids is 1. The molecule has 8 heteroatoms. The Hall–Kier alpha value is -1.66. The molecule has 160 valence electrons. The Morgan fingerprint density at radius 3 is 2.41 bits per heavy atom. The van der Waals surface area contributed by atoms with Gasteiger partial charge in [0.2, 0.25) is 5.91 Å². The molecule has 29 heavy (non-hydrogen) atoms. The topological polar surface area (TPSA) is 58.8 Å². The first-order valence-electron chi connectivity index (χ1n) is 9.22. The Kier molecular flexibility index (Phi) is 10.6. The number of carbonyl (C=O) groups is 1. The molecule has 1 aliphatic rings. The summed E-state index contributed by atoms with van der Waals surface area (Å²) in [5.41, 5.74) is 8.83. The summed E-state index contributed by atoms with van der Waals surface area (Å²) in [7, 11) is 1.67. The van der Waals surface area contributed by atoms with Crippen LogP contribution in [0.2, 0.25) is 5.02 Å². The molecule has 3 rings (SSSR count). The normalized spacial score (nSPS) is 13.9. The average molecular weight is 461 g/mol. The van der Waals surface area contributed by atoms with E-state index in [-0.39, 0.29) is 30.7 Å². The highest BCUT2D eigenvalue weighted by Crippen LogP contribution is 2.24. The third-order valence-corrected chi connectivity index (χ3v) is 5.26. The Morgan fingerprint density at radius 1 is 1.07 bits per heavy atom. The molecule has 2 N–H and O–H groups in total. The number of piperazine rings is 1. The highest BCUT2D eigenvalue weighted by atomic mass is 35.5. The maximum atomic E-state index is 12.5. The molecule has 2 aromatic rings. The summed E-state index contributed by atoms with van der Waals surface area (Å²) in [6.07, 6.45) is 1.18. The fraction of sp³-hybridized carbons (Fsp3) is 0.381. The van der Waals surface area contributed by atoms with E-state index in [1.54, 1.807) is 7.11 Å². The van der Waals surface area contributed by atoms with Gasteiger partial charge in [0.05, 0.1) is 7.11 Å². The Balaban J connectivity index is 0.00000210. The number of nitrogens with two attached hydrogens (primary N) is 1. The van der Waals surface area contributed by atoms with Crippen molar-refractivity contribution in [1.29, 1.82) is 0 Å². The van der Waals surface area contributed by atoms with Crippen molar-refractivity contribution < 1.29 is 9.53 Å². The molecule has 1 saturated heterocycles. The minimum atomic E-state index is 0. The van der Waals surface area contributed by atoms with E-state index >= 15 is 0 Å². The maximum absolute atomic E-state index is 12.5. The van der Waals surface area contributed by atoms with Gasteiger partial charge in [-0.25, -0.2) is 0 Å². The van der Waals surface area contributed by atoms with Crippen molar-refractivity contribution in [2.24, 2.45) is 0 Å². The van der Waals surface area contributed by atoms with Gasteiger partial charge in [0.25, 0.3) is 0 Å². The fourth-order valence-corrected chi connectivity index (χ4v) is 3.62. The van der Waals surface area contributed by atoms with Crippen LogP contribution in [0.3, 0.4) is 0 Å². The van der Waals surface area contributed by atoms with Gasteiger partial charge >= 0.3 is 0 Å². The Labute approximate surface area is 190 Å². The molecule has 0 atom stereocenters. The number of para-hydroxylation sites is 1. The largest absolute Gasteiger partial charge is 0.496 e. The van der Waals surface area contributed by atoms with Crippen LogP contribution in [-0.2, 0) is 17.8 Å². The average Bonchev–Trinajstić information content (AvgIpc) is 2.68. The molecule has 0 saturated carbocycles. The second kappa shape index (κ2) is 12.1. The molecule has 1 heterocycles.